The highest BCUT2D eigenvalue weighted by Crippen LogP contribution is 2.18. The highest BCUT2D eigenvalue weighted by atomic mass is 127. The van der Waals surface area contributed by atoms with E-state index in [1.54, 1.807) is 0 Å². The molecule has 0 bridgehead atoms. The van der Waals surface area contributed by atoms with Crippen molar-refractivity contribution in [1.82, 2.24) is 19.7 Å². The molecule has 0 spiro atoms. The van der Waals surface area contributed by atoms with Crippen molar-refractivity contribution in [2.24, 2.45) is 12.0 Å². The van der Waals surface area contributed by atoms with Crippen LogP contribution in [-0.2, 0) is 26.6 Å². The standard InChI is InChI=1S/C21H31N5.HI/c1-22-21(25(3)17-20-10-6-13-24(20)2)23-12-7-14-26-15-11-18-8-4-5-9-19(18)16-26;/h4-6,8-10,13H,7,11-12,14-17H2,1-3H3,(H,22,23);1H. The molecule has 1 aromatic heterocycles. The summed E-state index contributed by atoms with van der Waals surface area (Å²) in [6.45, 7) is 5.17. The normalized spacial score (nSPS) is 14.4. The van der Waals surface area contributed by atoms with Gasteiger partial charge in [-0.05, 0) is 36.1 Å². The second kappa shape index (κ2) is 10.7. The number of guanidine groups is 1. The number of benzene rings is 1. The number of nitrogens with one attached hydrogen (secondary N) is 1. The van der Waals surface area contributed by atoms with Crippen LogP contribution in [0.2, 0.25) is 0 Å². The van der Waals surface area contributed by atoms with E-state index in [0.717, 1.165) is 38.6 Å². The zero-order valence-corrected chi connectivity index (χ0v) is 19.0. The number of hydrogen-bond acceptors (Lipinski definition) is 2. The Morgan fingerprint density at radius 2 is 1.96 bits per heavy atom. The van der Waals surface area contributed by atoms with Crippen LogP contribution >= 0.6 is 24.0 Å². The maximum absolute atomic E-state index is 4.42. The summed E-state index contributed by atoms with van der Waals surface area (Å²) in [6, 6.07) is 13.1. The number of aliphatic imine (C=N–C) groups is 1. The highest BCUT2D eigenvalue weighted by molar-refractivity contribution is 14.0. The van der Waals surface area contributed by atoms with Gasteiger partial charge in [-0.1, -0.05) is 24.3 Å². The lowest BCUT2D eigenvalue weighted by Gasteiger charge is -2.29. The minimum atomic E-state index is 0. The molecule has 0 aliphatic carbocycles. The number of aryl methyl sites for hydroxylation is 1. The molecule has 2 aromatic rings. The molecular formula is C21H32IN5. The Labute approximate surface area is 180 Å². The Morgan fingerprint density at radius 3 is 2.67 bits per heavy atom. The third-order valence-electron chi connectivity index (χ3n) is 5.17. The topological polar surface area (TPSA) is 35.8 Å². The molecule has 6 heteroatoms. The van der Waals surface area contributed by atoms with E-state index in [1.165, 1.54) is 29.8 Å². The van der Waals surface area contributed by atoms with E-state index in [-0.39, 0.29) is 24.0 Å². The average Bonchev–Trinajstić information content (AvgIpc) is 3.06. The van der Waals surface area contributed by atoms with Gasteiger partial charge in [0.05, 0.1) is 6.54 Å². The largest absolute Gasteiger partial charge is 0.356 e. The fourth-order valence-corrected chi connectivity index (χ4v) is 3.61. The van der Waals surface area contributed by atoms with Crippen LogP contribution < -0.4 is 5.32 Å². The van der Waals surface area contributed by atoms with Crippen molar-refractivity contribution in [2.45, 2.75) is 25.9 Å². The van der Waals surface area contributed by atoms with Crippen molar-refractivity contribution in [3.05, 3.63) is 59.4 Å². The number of halogens is 1. The number of nitrogens with zero attached hydrogens (tertiary/aromatic N) is 4. The van der Waals surface area contributed by atoms with Crippen LogP contribution in [0.5, 0.6) is 0 Å². The number of rotatable bonds is 6. The molecule has 0 saturated heterocycles. The zero-order chi connectivity index (χ0) is 18.4. The van der Waals surface area contributed by atoms with E-state index in [0.29, 0.717) is 0 Å². The molecule has 0 radical (unpaired) electrons. The summed E-state index contributed by atoms with van der Waals surface area (Å²) in [4.78, 5) is 9.15. The second-order valence-corrected chi connectivity index (χ2v) is 7.09. The summed E-state index contributed by atoms with van der Waals surface area (Å²) in [5.74, 6) is 0.954. The molecule has 27 heavy (non-hydrogen) atoms. The third kappa shape index (κ3) is 5.97. The van der Waals surface area contributed by atoms with Gasteiger partial charge in [-0.15, -0.1) is 24.0 Å². The summed E-state index contributed by atoms with van der Waals surface area (Å²) in [7, 11) is 6.02. The van der Waals surface area contributed by atoms with Gasteiger partial charge >= 0.3 is 0 Å². The molecule has 0 saturated carbocycles. The van der Waals surface area contributed by atoms with Crippen LogP contribution in [0.25, 0.3) is 0 Å². The molecule has 1 aliphatic rings. The molecular weight excluding hydrogens is 449 g/mol. The van der Waals surface area contributed by atoms with E-state index in [9.17, 15) is 0 Å². The predicted octanol–water partition coefficient (Wildman–Crippen LogP) is 3.10. The highest BCUT2D eigenvalue weighted by Gasteiger charge is 2.15. The smallest absolute Gasteiger partial charge is 0.193 e. The van der Waals surface area contributed by atoms with E-state index < -0.39 is 0 Å². The quantitative estimate of drug-likeness (QED) is 0.298. The Hall–Kier alpha value is -1.54. The first-order valence-corrected chi connectivity index (χ1v) is 9.48. The monoisotopic (exact) mass is 481 g/mol. The number of hydrogen-bond donors (Lipinski definition) is 1. The molecule has 148 valence electrons. The van der Waals surface area contributed by atoms with Gasteiger partial charge in [-0.3, -0.25) is 9.89 Å². The Bertz CT molecular complexity index is 740. The van der Waals surface area contributed by atoms with Crippen LogP contribution in [0.3, 0.4) is 0 Å². The minimum absolute atomic E-state index is 0. The molecule has 0 atom stereocenters. The van der Waals surface area contributed by atoms with E-state index in [1.807, 2.05) is 7.05 Å². The second-order valence-electron chi connectivity index (χ2n) is 7.09. The van der Waals surface area contributed by atoms with Crippen molar-refractivity contribution in [3.63, 3.8) is 0 Å². The molecule has 0 unspecified atom stereocenters. The molecule has 1 aromatic carbocycles. The minimum Gasteiger partial charge on any atom is -0.356 e. The first-order valence-electron chi connectivity index (χ1n) is 9.48. The van der Waals surface area contributed by atoms with Crippen LogP contribution in [-0.4, -0.2) is 54.1 Å². The van der Waals surface area contributed by atoms with Crippen LogP contribution in [0, 0.1) is 0 Å². The lowest BCUT2D eigenvalue weighted by atomic mass is 10.00. The van der Waals surface area contributed by atoms with Crippen LogP contribution in [0.1, 0.15) is 23.2 Å². The molecule has 3 rings (SSSR count). The van der Waals surface area contributed by atoms with Gasteiger partial charge < -0.3 is 14.8 Å². The molecule has 0 fully saturated rings. The average molecular weight is 481 g/mol. The van der Waals surface area contributed by atoms with Gasteiger partial charge in [-0.2, -0.15) is 0 Å². The fraction of sp³-hybridized carbons (Fsp3) is 0.476. The van der Waals surface area contributed by atoms with E-state index in [2.05, 4.69) is 81.4 Å². The van der Waals surface area contributed by atoms with Crippen molar-refractivity contribution in [3.8, 4) is 0 Å². The van der Waals surface area contributed by atoms with Gasteiger partial charge in [0.1, 0.15) is 0 Å². The molecule has 0 amide bonds. The fourth-order valence-electron chi connectivity index (χ4n) is 3.61. The first-order chi connectivity index (χ1) is 12.7. The van der Waals surface area contributed by atoms with Gasteiger partial charge in [0.25, 0.3) is 0 Å². The van der Waals surface area contributed by atoms with Crippen molar-refractivity contribution in [1.29, 1.82) is 0 Å². The summed E-state index contributed by atoms with van der Waals surface area (Å²) < 4.78 is 2.15. The molecule has 1 N–H and O–H groups in total. The van der Waals surface area contributed by atoms with Crippen molar-refractivity contribution >= 4 is 29.9 Å². The van der Waals surface area contributed by atoms with Crippen molar-refractivity contribution in [2.75, 3.05) is 33.7 Å². The summed E-state index contributed by atoms with van der Waals surface area (Å²) in [5.41, 5.74) is 4.29. The summed E-state index contributed by atoms with van der Waals surface area (Å²) >= 11 is 0. The molecule has 5 nitrogen and oxygen atoms in total. The Balaban J connectivity index is 0.00000261. The SMILES string of the molecule is CN=C(NCCCN1CCc2ccccc2C1)N(C)Cc1cccn1C.I. The zero-order valence-electron chi connectivity index (χ0n) is 16.7. The van der Waals surface area contributed by atoms with E-state index >= 15 is 0 Å². The Kier molecular flexibility index (Phi) is 8.63. The maximum atomic E-state index is 4.42. The molecule has 1 aliphatic heterocycles. The lowest BCUT2D eigenvalue weighted by Crippen LogP contribution is -2.40. The number of fused-ring (bicyclic) bond motifs is 1. The van der Waals surface area contributed by atoms with Crippen molar-refractivity contribution < 1.29 is 0 Å². The first kappa shape index (κ1) is 21.8. The maximum Gasteiger partial charge on any atom is 0.193 e. The van der Waals surface area contributed by atoms with E-state index in [4.69, 9.17) is 0 Å². The summed E-state index contributed by atoms with van der Waals surface area (Å²) in [6.07, 6.45) is 4.37. The van der Waals surface area contributed by atoms with Gasteiger partial charge in [-0.25, -0.2) is 0 Å². The van der Waals surface area contributed by atoms with Gasteiger partial charge in [0.15, 0.2) is 5.96 Å². The van der Waals surface area contributed by atoms with Crippen LogP contribution in [0.15, 0.2) is 47.6 Å². The lowest BCUT2D eigenvalue weighted by molar-refractivity contribution is 0.251. The molecule has 2 heterocycles. The third-order valence-corrected chi connectivity index (χ3v) is 5.17. The van der Waals surface area contributed by atoms with Crippen LogP contribution in [0.4, 0.5) is 0 Å². The number of aromatic nitrogens is 1. The Morgan fingerprint density at radius 1 is 1.19 bits per heavy atom. The van der Waals surface area contributed by atoms with Gasteiger partial charge in [0.2, 0.25) is 0 Å². The summed E-state index contributed by atoms with van der Waals surface area (Å²) in [5, 5.41) is 3.50. The predicted molar refractivity (Wildman–Crippen MR) is 124 cm³/mol. The van der Waals surface area contributed by atoms with Gasteiger partial charge in [0, 0.05) is 59.2 Å².